The van der Waals surface area contributed by atoms with Crippen LogP contribution >= 0.6 is 11.6 Å². The predicted molar refractivity (Wildman–Crippen MR) is 87.8 cm³/mol. The Balaban J connectivity index is 1.72. The van der Waals surface area contributed by atoms with Crippen molar-refractivity contribution in [3.8, 4) is 11.9 Å². The number of rotatable bonds is 3. The van der Waals surface area contributed by atoms with Gasteiger partial charge in [0.15, 0.2) is 0 Å². The second kappa shape index (κ2) is 7.28. The van der Waals surface area contributed by atoms with Gasteiger partial charge in [0.05, 0.1) is 17.1 Å². The van der Waals surface area contributed by atoms with Crippen molar-refractivity contribution in [2.75, 3.05) is 13.1 Å². The topological polar surface area (TPSA) is 79.1 Å². The van der Waals surface area contributed by atoms with Gasteiger partial charge in [-0.05, 0) is 25.0 Å². The van der Waals surface area contributed by atoms with Gasteiger partial charge in [-0.3, -0.25) is 4.79 Å². The number of likely N-dealkylation sites (tertiary alicyclic amines) is 1. The molecule has 24 heavy (non-hydrogen) atoms. The van der Waals surface area contributed by atoms with Crippen LogP contribution in [-0.2, 0) is 0 Å². The van der Waals surface area contributed by atoms with Crippen LogP contribution in [0, 0.1) is 11.3 Å². The molecule has 0 aliphatic carbocycles. The van der Waals surface area contributed by atoms with Crippen molar-refractivity contribution in [1.82, 2.24) is 14.9 Å². The molecule has 1 atom stereocenters. The van der Waals surface area contributed by atoms with Crippen LogP contribution in [0.3, 0.4) is 0 Å². The predicted octanol–water partition coefficient (Wildman–Crippen LogP) is 2.69. The van der Waals surface area contributed by atoms with Gasteiger partial charge in [-0.25, -0.2) is 9.97 Å². The maximum atomic E-state index is 12.6. The van der Waals surface area contributed by atoms with Gasteiger partial charge in [0, 0.05) is 18.9 Å². The number of nitrogens with zero attached hydrogens (tertiary/aromatic N) is 4. The molecule has 1 aliphatic heterocycles. The summed E-state index contributed by atoms with van der Waals surface area (Å²) >= 11 is 6.11. The highest BCUT2D eigenvalue weighted by molar-refractivity contribution is 6.33. The van der Waals surface area contributed by atoms with Gasteiger partial charge in [0.25, 0.3) is 11.8 Å². The number of amides is 1. The quantitative estimate of drug-likeness (QED) is 0.856. The molecule has 1 fully saturated rings. The minimum Gasteiger partial charge on any atom is -0.470 e. The minimum atomic E-state index is -0.228. The van der Waals surface area contributed by atoms with Gasteiger partial charge in [-0.15, -0.1) is 0 Å². The Morgan fingerprint density at radius 1 is 1.33 bits per heavy atom. The number of aromatic nitrogens is 2. The van der Waals surface area contributed by atoms with Crippen molar-refractivity contribution in [3.05, 3.63) is 52.9 Å². The van der Waals surface area contributed by atoms with Gasteiger partial charge in [-0.2, -0.15) is 5.26 Å². The lowest BCUT2D eigenvalue weighted by Gasteiger charge is -2.32. The average Bonchev–Trinajstić information content (AvgIpc) is 2.62. The van der Waals surface area contributed by atoms with Crippen LogP contribution in [0.1, 0.15) is 28.9 Å². The average molecular weight is 343 g/mol. The summed E-state index contributed by atoms with van der Waals surface area (Å²) in [4.78, 5) is 22.4. The highest BCUT2D eigenvalue weighted by Crippen LogP contribution is 2.22. The van der Waals surface area contributed by atoms with Crippen molar-refractivity contribution < 1.29 is 9.53 Å². The monoisotopic (exact) mass is 342 g/mol. The Hall–Kier alpha value is -2.65. The molecule has 2 aromatic rings. The lowest BCUT2D eigenvalue weighted by Crippen LogP contribution is -2.44. The van der Waals surface area contributed by atoms with Crippen LogP contribution in [0.25, 0.3) is 0 Å². The Kier molecular flexibility index (Phi) is 4.92. The largest absolute Gasteiger partial charge is 0.470 e. The molecule has 1 unspecified atom stereocenters. The first-order valence-corrected chi connectivity index (χ1v) is 7.98. The number of carbonyl (C=O) groups excluding carboxylic acids is 1. The summed E-state index contributed by atoms with van der Waals surface area (Å²) in [6, 6.07) is 8.95. The fourth-order valence-electron chi connectivity index (χ4n) is 2.67. The lowest BCUT2D eigenvalue weighted by atomic mass is 10.1. The number of piperidine rings is 1. The minimum absolute atomic E-state index is 0.117. The second-order valence-corrected chi connectivity index (χ2v) is 5.84. The molecule has 7 heteroatoms. The van der Waals surface area contributed by atoms with Crippen molar-refractivity contribution in [2.45, 2.75) is 18.9 Å². The zero-order valence-corrected chi connectivity index (χ0v) is 13.6. The molecule has 0 spiro atoms. The molecule has 0 saturated carbocycles. The van der Waals surface area contributed by atoms with Crippen molar-refractivity contribution in [2.24, 2.45) is 0 Å². The van der Waals surface area contributed by atoms with Crippen LogP contribution in [0.4, 0.5) is 0 Å². The Bertz CT molecular complexity index is 790. The summed E-state index contributed by atoms with van der Waals surface area (Å²) in [6.45, 7) is 1.07. The number of benzene rings is 1. The highest BCUT2D eigenvalue weighted by Gasteiger charge is 2.27. The molecule has 0 N–H and O–H groups in total. The summed E-state index contributed by atoms with van der Waals surface area (Å²) < 4.78 is 5.80. The SMILES string of the molecule is N#Cc1nccnc1OC1CCCN(C(=O)c2ccccc2Cl)C1. The molecule has 1 aromatic heterocycles. The van der Waals surface area contributed by atoms with E-state index in [4.69, 9.17) is 21.6 Å². The molecule has 3 rings (SSSR count). The van der Waals surface area contributed by atoms with Gasteiger partial charge in [0.2, 0.25) is 5.69 Å². The summed E-state index contributed by atoms with van der Waals surface area (Å²) in [5.74, 6) is 0.0885. The number of nitriles is 1. The summed E-state index contributed by atoms with van der Waals surface area (Å²) in [5, 5.41) is 9.49. The number of halogens is 1. The van der Waals surface area contributed by atoms with E-state index in [0.717, 1.165) is 12.8 Å². The first-order chi connectivity index (χ1) is 11.7. The van der Waals surface area contributed by atoms with Crippen LogP contribution in [0.5, 0.6) is 5.88 Å². The first kappa shape index (κ1) is 16.2. The zero-order chi connectivity index (χ0) is 16.9. The van der Waals surface area contributed by atoms with Crippen LogP contribution < -0.4 is 4.74 Å². The van der Waals surface area contributed by atoms with E-state index in [1.54, 1.807) is 29.2 Å². The van der Waals surface area contributed by atoms with Crippen LogP contribution in [-0.4, -0.2) is 40.0 Å². The Labute approximate surface area is 144 Å². The van der Waals surface area contributed by atoms with Gasteiger partial charge in [-0.1, -0.05) is 23.7 Å². The molecule has 122 valence electrons. The number of hydrogen-bond acceptors (Lipinski definition) is 5. The smallest absolute Gasteiger partial charge is 0.255 e. The third kappa shape index (κ3) is 3.47. The Morgan fingerprint density at radius 2 is 2.12 bits per heavy atom. The molecule has 1 aliphatic rings. The summed E-state index contributed by atoms with van der Waals surface area (Å²) in [6.07, 6.45) is 4.29. The fraction of sp³-hybridized carbons (Fsp3) is 0.294. The number of carbonyl (C=O) groups is 1. The van der Waals surface area contributed by atoms with E-state index in [2.05, 4.69) is 9.97 Å². The lowest BCUT2D eigenvalue weighted by molar-refractivity contribution is 0.0526. The zero-order valence-electron chi connectivity index (χ0n) is 12.9. The molecule has 1 amide bonds. The molecule has 1 aromatic carbocycles. The maximum absolute atomic E-state index is 12.6. The van der Waals surface area contributed by atoms with Gasteiger partial charge < -0.3 is 9.64 Å². The molecular formula is C17H15ClN4O2. The van der Waals surface area contributed by atoms with Gasteiger partial charge >= 0.3 is 0 Å². The summed E-state index contributed by atoms with van der Waals surface area (Å²) in [7, 11) is 0. The van der Waals surface area contributed by atoms with E-state index in [9.17, 15) is 4.79 Å². The molecule has 0 radical (unpaired) electrons. The molecule has 6 nitrogen and oxygen atoms in total. The van der Waals surface area contributed by atoms with Crippen molar-refractivity contribution in [3.63, 3.8) is 0 Å². The van der Waals surface area contributed by atoms with Crippen LogP contribution in [0.2, 0.25) is 5.02 Å². The van der Waals surface area contributed by atoms with Gasteiger partial charge in [0.1, 0.15) is 12.2 Å². The normalized spacial score (nSPS) is 17.2. The summed E-state index contributed by atoms with van der Waals surface area (Å²) in [5.41, 5.74) is 0.629. The van der Waals surface area contributed by atoms with Crippen molar-refractivity contribution >= 4 is 17.5 Å². The van der Waals surface area contributed by atoms with Crippen molar-refractivity contribution in [1.29, 1.82) is 5.26 Å². The third-order valence-electron chi connectivity index (χ3n) is 3.82. The fourth-order valence-corrected chi connectivity index (χ4v) is 2.89. The molecule has 1 saturated heterocycles. The first-order valence-electron chi connectivity index (χ1n) is 7.60. The van der Waals surface area contributed by atoms with E-state index in [-0.39, 0.29) is 23.6 Å². The number of ether oxygens (including phenoxy) is 1. The van der Waals surface area contributed by atoms with E-state index < -0.39 is 0 Å². The van der Waals surface area contributed by atoms with E-state index >= 15 is 0 Å². The second-order valence-electron chi connectivity index (χ2n) is 5.44. The van der Waals surface area contributed by atoms with E-state index in [1.165, 1.54) is 12.4 Å². The molecule has 0 bridgehead atoms. The third-order valence-corrected chi connectivity index (χ3v) is 4.15. The maximum Gasteiger partial charge on any atom is 0.255 e. The van der Waals surface area contributed by atoms with Crippen LogP contribution in [0.15, 0.2) is 36.7 Å². The number of hydrogen-bond donors (Lipinski definition) is 0. The Morgan fingerprint density at radius 3 is 2.92 bits per heavy atom. The molecule has 2 heterocycles. The standard InChI is InChI=1S/C17H15ClN4O2/c18-14-6-2-1-5-13(14)17(23)22-9-3-4-12(11-22)24-16-15(10-19)20-7-8-21-16/h1-2,5-8,12H,3-4,9,11H2. The highest BCUT2D eigenvalue weighted by atomic mass is 35.5. The van der Waals surface area contributed by atoms with E-state index in [1.807, 2.05) is 6.07 Å². The molecular weight excluding hydrogens is 328 g/mol. The van der Waals surface area contributed by atoms with E-state index in [0.29, 0.717) is 23.7 Å².